The molecule has 0 aromatic rings. The number of carbonyl (C=O) groups excluding carboxylic acids is 1. The van der Waals surface area contributed by atoms with Crippen LogP contribution in [0.1, 0.15) is 6.92 Å². The van der Waals surface area contributed by atoms with Crippen molar-refractivity contribution in [3.05, 3.63) is 11.4 Å². The summed E-state index contributed by atoms with van der Waals surface area (Å²) in [7, 11) is -4.63. The van der Waals surface area contributed by atoms with E-state index in [0.29, 0.717) is 0 Å². The first kappa shape index (κ1) is 9.36. The lowest BCUT2D eigenvalue weighted by atomic mass is 10.5. The molecular formula is C4H6O5P-. The van der Waals surface area contributed by atoms with E-state index >= 15 is 0 Å². The van der Waals surface area contributed by atoms with Crippen LogP contribution in [0.5, 0.6) is 0 Å². The highest BCUT2D eigenvalue weighted by Crippen LogP contribution is 2.44. The fourth-order valence-electron chi connectivity index (χ4n) is 0.405. The van der Waals surface area contributed by atoms with Crippen LogP contribution >= 0.6 is 7.60 Å². The number of carboxylic acids is 1. The smallest absolute Gasteiger partial charge is 0.357 e. The van der Waals surface area contributed by atoms with Gasteiger partial charge in [-0.2, -0.15) is 0 Å². The van der Waals surface area contributed by atoms with E-state index in [1.165, 1.54) is 6.92 Å². The lowest BCUT2D eigenvalue weighted by Gasteiger charge is -2.08. The van der Waals surface area contributed by atoms with Crippen LogP contribution in [0.25, 0.3) is 0 Å². The predicted octanol–water partition coefficient (Wildman–Crippen LogP) is -1.18. The third-order valence-corrected chi connectivity index (χ3v) is 1.86. The van der Waals surface area contributed by atoms with E-state index in [1.54, 1.807) is 0 Å². The van der Waals surface area contributed by atoms with Crippen LogP contribution in [-0.4, -0.2) is 15.8 Å². The lowest BCUT2D eigenvalue weighted by molar-refractivity contribution is -0.298. The minimum absolute atomic E-state index is 0.816. The molecule has 5 nitrogen and oxygen atoms in total. The Balaban J connectivity index is 4.75. The van der Waals surface area contributed by atoms with Gasteiger partial charge in [0.05, 0.1) is 11.3 Å². The summed E-state index contributed by atoms with van der Waals surface area (Å²) in [5.74, 6) is -1.84. The fourth-order valence-corrected chi connectivity index (χ4v) is 0.979. The van der Waals surface area contributed by atoms with Crippen molar-refractivity contribution in [1.82, 2.24) is 0 Å². The molecule has 0 saturated heterocycles. The topological polar surface area (TPSA) is 97.7 Å². The van der Waals surface area contributed by atoms with Gasteiger partial charge in [0.15, 0.2) is 0 Å². The van der Waals surface area contributed by atoms with Gasteiger partial charge in [-0.3, -0.25) is 4.57 Å². The molecule has 0 amide bonds. The second-order valence-electron chi connectivity index (χ2n) is 1.51. The van der Waals surface area contributed by atoms with Crippen LogP contribution in [0.4, 0.5) is 0 Å². The maximum absolute atomic E-state index is 10.2. The molecule has 0 aromatic carbocycles. The third kappa shape index (κ3) is 2.31. The minimum atomic E-state index is -4.63. The molecule has 58 valence electrons. The first-order valence-electron chi connectivity index (χ1n) is 2.33. The fraction of sp³-hybridized carbons (Fsp3) is 0.250. The number of carboxylic acid groups (broad SMARTS) is 1. The summed E-state index contributed by atoms with van der Waals surface area (Å²) in [6, 6.07) is 0. The van der Waals surface area contributed by atoms with Crippen LogP contribution in [0.15, 0.2) is 11.4 Å². The molecule has 0 aliphatic carbocycles. The Hall–Kier alpha value is -0.640. The molecule has 0 rings (SSSR count). The number of hydrogen-bond acceptors (Lipinski definition) is 3. The average molecular weight is 165 g/mol. The standard InChI is InChI=1S/C4H7O5P/c1-2-3(4(5)6)10(7,8)9/h2H,1H3,(H,5,6)(H2,7,8,9)/p-1/b3-2-. The summed E-state index contributed by atoms with van der Waals surface area (Å²) < 4.78 is 10.2. The summed E-state index contributed by atoms with van der Waals surface area (Å²) in [6.45, 7) is 1.21. The molecule has 0 radical (unpaired) electrons. The first-order valence-corrected chi connectivity index (χ1v) is 3.94. The molecule has 0 aromatic heterocycles. The Morgan fingerprint density at radius 3 is 2.00 bits per heavy atom. The maximum Gasteiger partial charge on any atom is 0.357 e. The Kier molecular flexibility index (Phi) is 2.77. The lowest BCUT2D eigenvalue weighted by Crippen LogP contribution is -2.24. The zero-order valence-electron chi connectivity index (χ0n) is 5.14. The van der Waals surface area contributed by atoms with Gasteiger partial charge in [-0.05, 0) is 6.92 Å². The molecule has 10 heavy (non-hydrogen) atoms. The maximum atomic E-state index is 10.2. The number of rotatable bonds is 2. The monoisotopic (exact) mass is 165 g/mol. The Morgan fingerprint density at radius 1 is 1.60 bits per heavy atom. The Bertz CT molecular complexity index is 212. The molecule has 0 saturated carbocycles. The van der Waals surface area contributed by atoms with E-state index in [0.717, 1.165) is 6.08 Å². The molecule has 0 spiro atoms. The molecule has 0 heterocycles. The van der Waals surface area contributed by atoms with Crippen molar-refractivity contribution in [2.24, 2.45) is 0 Å². The third-order valence-electron chi connectivity index (χ3n) is 0.796. The first-order chi connectivity index (χ1) is 4.39. The minimum Gasteiger partial charge on any atom is -0.544 e. The highest BCUT2D eigenvalue weighted by Gasteiger charge is 2.20. The molecular weight excluding hydrogens is 159 g/mol. The van der Waals surface area contributed by atoms with Crippen molar-refractivity contribution in [3.63, 3.8) is 0 Å². The van der Waals surface area contributed by atoms with Gasteiger partial charge in [-0.15, -0.1) is 0 Å². The highest BCUT2D eigenvalue weighted by atomic mass is 31.2. The molecule has 0 atom stereocenters. The van der Waals surface area contributed by atoms with E-state index in [4.69, 9.17) is 9.79 Å². The quantitative estimate of drug-likeness (QED) is 0.396. The summed E-state index contributed by atoms with van der Waals surface area (Å²) in [4.78, 5) is 26.4. The Morgan fingerprint density at radius 2 is 2.00 bits per heavy atom. The second-order valence-corrected chi connectivity index (χ2v) is 3.08. The van der Waals surface area contributed by atoms with Gasteiger partial charge < -0.3 is 19.7 Å². The molecule has 0 bridgehead atoms. The average Bonchev–Trinajstić information content (AvgIpc) is 1.60. The van der Waals surface area contributed by atoms with Gasteiger partial charge in [0.2, 0.25) is 0 Å². The zero-order valence-corrected chi connectivity index (χ0v) is 6.04. The zero-order chi connectivity index (χ0) is 8.36. The summed E-state index contributed by atoms with van der Waals surface area (Å²) >= 11 is 0. The summed E-state index contributed by atoms with van der Waals surface area (Å²) in [5, 5.41) is 8.93. The van der Waals surface area contributed by atoms with Crippen molar-refractivity contribution in [2.45, 2.75) is 6.92 Å². The molecule has 2 N–H and O–H groups in total. The second kappa shape index (κ2) is 2.96. The van der Waals surface area contributed by atoms with E-state index in [2.05, 4.69) is 0 Å². The van der Waals surface area contributed by atoms with Gasteiger partial charge in [0, 0.05) is 0 Å². The van der Waals surface area contributed by atoms with Crippen molar-refractivity contribution in [3.8, 4) is 0 Å². The van der Waals surface area contributed by atoms with E-state index in [9.17, 15) is 14.5 Å². The van der Waals surface area contributed by atoms with Crippen LogP contribution < -0.4 is 5.11 Å². The van der Waals surface area contributed by atoms with Crippen molar-refractivity contribution in [2.75, 3.05) is 0 Å². The van der Waals surface area contributed by atoms with Gasteiger partial charge in [0.1, 0.15) is 0 Å². The molecule has 0 aliphatic rings. The van der Waals surface area contributed by atoms with Gasteiger partial charge in [0.25, 0.3) is 0 Å². The van der Waals surface area contributed by atoms with Crippen LogP contribution in [0, 0.1) is 0 Å². The number of hydrogen-bond donors (Lipinski definition) is 2. The van der Waals surface area contributed by atoms with Crippen LogP contribution in [0.2, 0.25) is 0 Å². The predicted molar refractivity (Wildman–Crippen MR) is 30.8 cm³/mol. The number of allylic oxidation sites excluding steroid dienone is 1. The molecule has 0 fully saturated rings. The SMILES string of the molecule is C/C=C(/C(=O)[O-])P(=O)(O)O. The van der Waals surface area contributed by atoms with E-state index < -0.39 is 18.9 Å². The number of carbonyl (C=O) groups is 1. The van der Waals surface area contributed by atoms with Gasteiger partial charge in [-0.25, -0.2) is 0 Å². The normalized spacial score (nSPS) is 13.3. The van der Waals surface area contributed by atoms with E-state index in [-0.39, 0.29) is 0 Å². The number of aliphatic carboxylic acids is 1. The molecule has 6 heteroatoms. The van der Waals surface area contributed by atoms with Crippen LogP contribution in [-0.2, 0) is 9.36 Å². The molecule has 0 aliphatic heterocycles. The Labute approximate surface area is 57.2 Å². The summed E-state index contributed by atoms with van der Waals surface area (Å²) in [5.41, 5.74) is 0. The van der Waals surface area contributed by atoms with Crippen molar-refractivity contribution >= 4 is 13.6 Å². The van der Waals surface area contributed by atoms with Gasteiger partial charge in [-0.1, -0.05) is 6.08 Å². The van der Waals surface area contributed by atoms with Crippen molar-refractivity contribution in [1.29, 1.82) is 0 Å². The van der Waals surface area contributed by atoms with Crippen molar-refractivity contribution < 1.29 is 24.3 Å². The van der Waals surface area contributed by atoms with E-state index in [1.807, 2.05) is 0 Å². The molecule has 0 unspecified atom stereocenters. The van der Waals surface area contributed by atoms with Crippen LogP contribution in [0.3, 0.4) is 0 Å². The largest absolute Gasteiger partial charge is 0.544 e. The van der Waals surface area contributed by atoms with Gasteiger partial charge >= 0.3 is 7.60 Å². The summed E-state index contributed by atoms with van der Waals surface area (Å²) in [6.07, 6.45) is 0.816. The highest BCUT2D eigenvalue weighted by molar-refractivity contribution is 7.57.